The van der Waals surface area contributed by atoms with E-state index in [0.29, 0.717) is 18.8 Å². The van der Waals surface area contributed by atoms with Gasteiger partial charge >= 0.3 is 0 Å². The van der Waals surface area contributed by atoms with Crippen molar-refractivity contribution in [2.45, 2.75) is 12.6 Å². The molecule has 102 valence electrons. The Bertz CT molecular complexity index is 340. The lowest BCUT2D eigenvalue weighted by molar-refractivity contribution is -0.122. The highest BCUT2D eigenvalue weighted by molar-refractivity contribution is 5.77. The summed E-state index contributed by atoms with van der Waals surface area (Å²) in [6.07, 6.45) is 0.979. The molecule has 1 rings (SSSR count). The molecule has 0 saturated heterocycles. The Hall–Kier alpha value is -1.37. The second kappa shape index (κ2) is 7.86. The fourth-order valence-corrected chi connectivity index (χ4v) is 1.57. The van der Waals surface area contributed by atoms with Crippen LogP contribution in [0.25, 0.3) is 0 Å². The van der Waals surface area contributed by atoms with Gasteiger partial charge in [-0.25, -0.2) is 0 Å². The van der Waals surface area contributed by atoms with Gasteiger partial charge in [0, 0.05) is 13.7 Å². The van der Waals surface area contributed by atoms with E-state index in [1.54, 1.807) is 30.3 Å². The number of hydrogen-bond acceptors (Lipinski definition) is 5. The number of hydrogen-bond donors (Lipinski definition) is 2. The van der Waals surface area contributed by atoms with Crippen LogP contribution < -0.4 is 5.32 Å². The van der Waals surface area contributed by atoms with Crippen molar-refractivity contribution in [3.63, 3.8) is 0 Å². The third-order valence-electron chi connectivity index (χ3n) is 2.33. The minimum absolute atomic E-state index is 0.112. The second-order valence-corrected chi connectivity index (χ2v) is 4.16. The van der Waals surface area contributed by atoms with Gasteiger partial charge in [-0.3, -0.25) is 9.69 Å². The third-order valence-corrected chi connectivity index (χ3v) is 2.33. The molecule has 1 heterocycles. The number of nitrogens with one attached hydrogen (secondary N) is 1. The Kier molecular flexibility index (Phi) is 6.42. The summed E-state index contributed by atoms with van der Waals surface area (Å²) < 4.78 is 9.92. The van der Waals surface area contributed by atoms with Gasteiger partial charge in [0.1, 0.15) is 5.76 Å². The monoisotopic (exact) mass is 256 g/mol. The maximum atomic E-state index is 11.6. The van der Waals surface area contributed by atoms with Gasteiger partial charge in [0.25, 0.3) is 0 Å². The number of aliphatic hydroxyl groups is 1. The average Bonchev–Trinajstić information content (AvgIpc) is 2.79. The van der Waals surface area contributed by atoms with Crippen LogP contribution >= 0.6 is 0 Å². The Morgan fingerprint density at radius 1 is 1.67 bits per heavy atom. The van der Waals surface area contributed by atoms with Gasteiger partial charge in [0.05, 0.1) is 32.1 Å². The highest BCUT2D eigenvalue weighted by Crippen LogP contribution is 1.98. The molecule has 0 fully saturated rings. The van der Waals surface area contributed by atoms with Gasteiger partial charge in [-0.05, 0) is 19.2 Å². The number of methoxy groups -OCH3 is 1. The molecule has 2 N–H and O–H groups in total. The zero-order valence-electron chi connectivity index (χ0n) is 10.8. The maximum Gasteiger partial charge on any atom is 0.234 e. The lowest BCUT2D eigenvalue weighted by Gasteiger charge is -2.19. The van der Waals surface area contributed by atoms with Crippen LogP contribution in [0.5, 0.6) is 0 Å². The van der Waals surface area contributed by atoms with Gasteiger partial charge in [0.2, 0.25) is 5.91 Å². The number of carbonyl (C=O) groups excluding carboxylic acids is 1. The molecule has 1 atom stereocenters. The van der Waals surface area contributed by atoms with Crippen LogP contribution in [0.1, 0.15) is 5.76 Å². The first-order valence-electron chi connectivity index (χ1n) is 5.76. The van der Waals surface area contributed by atoms with Crippen molar-refractivity contribution < 1.29 is 19.1 Å². The summed E-state index contributed by atoms with van der Waals surface area (Å²) in [7, 11) is 3.30. The molecule has 0 aliphatic heterocycles. The van der Waals surface area contributed by atoms with E-state index in [9.17, 15) is 9.90 Å². The predicted molar refractivity (Wildman–Crippen MR) is 65.9 cm³/mol. The average molecular weight is 256 g/mol. The summed E-state index contributed by atoms with van der Waals surface area (Å²) in [5.74, 6) is 0.601. The van der Waals surface area contributed by atoms with Gasteiger partial charge in [-0.15, -0.1) is 0 Å². The zero-order valence-corrected chi connectivity index (χ0v) is 10.8. The molecule has 1 aromatic heterocycles. The molecule has 1 amide bonds. The van der Waals surface area contributed by atoms with Crippen molar-refractivity contribution in [2.24, 2.45) is 0 Å². The molecule has 0 aliphatic rings. The van der Waals surface area contributed by atoms with Crippen LogP contribution in [-0.4, -0.2) is 55.9 Å². The number of aliphatic hydroxyl groups excluding tert-OH is 1. The number of amides is 1. The van der Waals surface area contributed by atoms with E-state index in [-0.39, 0.29) is 19.1 Å². The zero-order chi connectivity index (χ0) is 13.4. The first kappa shape index (κ1) is 14.7. The van der Waals surface area contributed by atoms with E-state index >= 15 is 0 Å². The van der Waals surface area contributed by atoms with Crippen LogP contribution in [0.15, 0.2) is 22.8 Å². The molecule has 0 aromatic carbocycles. The highest BCUT2D eigenvalue weighted by Gasteiger charge is 2.11. The second-order valence-electron chi connectivity index (χ2n) is 4.16. The van der Waals surface area contributed by atoms with Crippen LogP contribution in [0.4, 0.5) is 0 Å². The fraction of sp³-hybridized carbons (Fsp3) is 0.583. The predicted octanol–water partition coefficient (Wildman–Crippen LogP) is -0.165. The minimum Gasteiger partial charge on any atom is -0.467 e. The number of rotatable bonds is 8. The Morgan fingerprint density at radius 3 is 3.06 bits per heavy atom. The molecule has 0 aliphatic carbocycles. The largest absolute Gasteiger partial charge is 0.467 e. The summed E-state index contributed by atoms with van der Waals surface area (Å²) in [6.45, 7) is 1.25. The van der Waals surface area contributed by atoms with E-state index < -0.39 is 6.10 Å². The Morgan fingerprint density at radius 2 is 2.44 bits per heavy atom. The van der Waals surface area contributed by atoms with Crippen LogP contribution in [0, 0.1) is 0 Å². The smallest absolute Gasteiger partial charge is 0.234 e. The molecule has 18 heavy (non-hydrogen) atoms. The normalized spacial score (nSPS) is 12.7. The molecule has 6 nitrogen and oxygen atoms in total. The van der Waals surface area contributed by atoms with Crippen molar-refractivity contribution in [1.29, 1.82) is 0 Å². The number of carbonyl (C=O) groups is 1. The summed E-state index contributed by atoms with van der Waals surface area (Å²) in [4.78, 5) is 13.3. The van der Waals surface area contributed by atoms with Crippen molar-refractivity contribution >= 4 is 5.91 Å². The molecule has 0 saturated carbocycles. The minimum atomic E-state index is -0.585. The van der Waals surface area contributed by atoms with Crippen molar-refractivity contribution in [1.82, 2.24) is 10.2 Å². The summed E-state index contributed by atoms with van der Waals surface area (Å²) in [6, 6.07) is 3.57. The molecular formula is C12H20N2O4. The number of nitrogens with zero attached hydrogens (tertiary/aromatic N) is 1. The molecule has 0 bridgehead atoms. The van der Waals surface area contributed by atoms with Crippen molar-refractivity contribution in [3.8, 4) is 0 Å². The van der Waals surface area contributed by atoms with Crippen molar-refractivity contribution in [2.75, 3.05) is 33.9 Å². The number of furan rings is 1. The molecule has 6 heteroatoms. The quantitative estimate of drug-likeness (QED) is 0.676. The van der Waals surface area contributed by atoms with Gasteiger partial charge < -0.3 is 19.6 Å². The first-order valence-corrected chi connectivity index (χ1v) is 5.76. The molecule has 0 spiro atoms. The maximum absolute atomic E-state index is 11.6. The van der Waals surface area contributed by atoms with E-state index in [1.165, 1.54) is 7.11 Å². The molecule has 1 unspecified atom stereocenters. The Labute approximate surface area is 107 Å². The third kappa shape index (κ3) is 5.81. The van der Waals surface area contributed by atoms with E-state index in [1.807, 2.05) is 0 Å². The van der Waals surface area contributed by atoms with Crippen LogP contribution in [0.3, 0.4) is 0 Å². The van der Waals surface area contributed by atoms with E-state index in [0.717, 1.165) is 0 Å². The summed E-state index contributed by atoms with van der Waals surface area (Å²) >= 11 is 0. The summed E-state index contributed by atoms with van der Waals surface area (Å²) in [5, 5.41) is 12.2. The molecule has 1 aromatic rings. The van der Waals surface area contributed by atoms with Gasteiger partial charge in [-0.1, -0.05) is 0 Å². The highest BCUT2D eigenvalue weighted by atomic mass is 16.5. The lowest BCUT2D eigenvalue weighted by atomic mass is 10.3. The topological polar surface area (TPSA) is 74.9 Å². The van der Waals surface area contributed by atoms with Gasteiger partial charge in [0.15, 0.2) is 0 Å². The molecule has 0 radical (unpaired) electrons. The first-order chi connectivity index (χ1) is 8.61. The molecular weight excluding hydrogens is 236 g/mol. The fourth-order valence-electron chi connectivity index (χ4n) is 1.57. The van der Waals surface area contributed by atoms with E-state index in [4.69, 9.17) is 9.15 Å². The van der Waals surface area contributed by atoms with E-state index in [2.05, 4.69) is 5.32 Å². The number of ether oxygens (including phenoxy) is 1. The van der Waals surface area contributed by atoms with Crippen molar-refractivity contribution in [3.05, 3.63) is 24.2 Å². The summed E-state index contributed by atoms with van der Waals surface area (Å²) in [5.41, 5.74) is 0. The Balaban J connectivity index is 2.18. The van der Waals surface area contributed by atoms with Crippen LogP contribution in [0.2, 0.25) is 0 Å². The van der Waals surface area contributed by atoms with Crippen LogP contribution in [-0.2, 0) is 16.1 Å². The SMILES string of the molecule is COCC(O)CN(C)CC(=O)NCc1ccco1. The number of likely N-dealkylation sites (N-methyl/N-ethyl adjacent to an activating group) is 1. The standard InChI is InChI=1S/C12H20N2O4/c1-14(7-10(15)9-17-2)8-12(16)13-6-11-4-3-5-18-11/h3-5,10,15H,6-9H2,1-2H3,(H,13,16). The van der Waals surface area contributed by atoms with Gasteiger partial charge in [-0.2, -0.15) is 0 Å². The lowest BCUT2D eigenvalue weighted by Crippen LogP contribution is -2.39.